The van der Waals surface area contributed by atoms with Crippen LogP contribution in [0.2, 0.25) is 0 Å². The number of hydrogen-bond acceptors (Lipinski definition) is 5. The Morgan fingerprint density at radius 2 is 1.79 bits per heavy atom. The lowest BCUT2D eigenvalue weighted by Crippen LogP contribution is -2.33. The van der Waals surface area contributed by atoms with Crippen molar-refractivity contribution in [2.45, 2.75) is 13.0 Å². The maximum Gasteiger partial charge on any atom is 0.321 e. The number of para-hydroxylation sites is 1. The van der Waals surface area contributed by atoms with Gasteiger partial charge in [0.2, 0.25) is 15.8 Å². The topological polar surface area (TPSA) is 105 Å². The summed E-state index contributed by atoms with van der Waals surface area (Å²) >= 11 is 0. The molecule has 0 amide bonds. The summed E-state index contributed by atoms with van der Waals surface area (Å²) in [6, 6.07) is 16.2. The molecule has 0 unspecified atom stereocenters. The minimum Gasteiger partial charge on any atom is -0.453 e. The first-order chi connectivity index (χ1) is 13.9. The Bertz CT molecular complexity index is 1150. The number of carbonyl (C=O) groups excluding carboxylic acids is 2. The van der Waals surface area contributed by atoms with Crippen molar-refractivity contribution in [3.63, 3.8) is 0 Å². The maximum absolute atomic E-state index is 12.6. The Kier molecular flexibility index (Phi) is 6.26. The van der Waals surface area contributed by atoms with Gasteiger partial charge in [-0.25, -0.2) is 13.1 Å². The number of benzene rings is 2. The molecule has 0 aliphatic carbocycles. The first-order valence-corrected chi connectivity index (χ1v) is 10.4. The van der Waals surface area contributed by atoms with Gasteiger partial charge in [0.1, 0.15) is 6.54 Å². The molecule has 0 saturated carbocycles. The molecule has 1 atom stereocenters. The van der Waals surface area contributed by atoms with E-state index in [1.54, 1.807) is 42.6 Å². The fourth-order valence-corrected chi connectivity index (χ4v) is 3.48. The highest BCUT2D eigenvalue weighted by Crippen LogP contribution is 2.19. The zero-order valence-corrected chi connectivity index (χ0v) is 16.5. The molecule has 0 spiro atoms. The Morgan fingerprint density at radius 3 is 2.55 bits per heavy atom. The zero-order chi connectivity index (χ0) is 20.9. The van der Waals surface area contributed by atoms with E-state index in [2.05, 4.69) is 9.71 Å². The molecular formula is C21H20N2O5S. The summed E-state index contributed by atoms with van der Waals surface area (Å²) in [5, 5.41) is 1.70. The number of carbonyl (C=O) groups is 2. The van der Waals surface area contributed by atoms with Crippen LogP contribution in [0.15, 0.2) is 66.2 Å². The summed E-state index contributed by atoms with van der Waals surface area (Å²) in [7, 11) is -3.82. The van der Waals surface area contributed by atoms with Crippen molar-refractivity contribution in [1.29, 1.82) is 0 Å². The van der Waals surface area contributed by atoms with Gasteiger partial charge in [-0.1, -0.05) is 48.5 Å². The third-order valence-electron chi connectivity index (χ3n) is 4.19. The summed E-state index contributed by atoms with van der Waals surface area (Å²) in [6.45, 7) is 0.874. The van der Waals surface area contributed by atoms with E-state index in [0.29, 0.717) is 11.1 Å². The van der Waals surface area contributed by atoms with Crippen LogP contribution in [0.25, 0.3) is 17.0 Å². The van der Waals surface area contributed by atoms with Gasteiger partial charge < -0.3 is 9.72 Å². The molecule has 0 aliphatic heterocycles. The SMILES string of the molecule is C[C@@H](OC(=O)CNS(=O)(=O)/C=C/c1ccccc1)C(=O)c1c[nH]c2ccccc12. The third kappa shape index (κ3) is 5.40. The third-order valence-corrected chi connectivity index (χ3v) is 5.23. The number of nitrogens with one attached hydrogen (secondary N) is 2. The number of sulfonamides is 1. The largest absolute Gasteiger partial charge is 0.453 e. The molecular weight excluding hydrogens is 392 g/mol. The first kappa shape index (κ1) is 20.5. The molecule has 1 heterocycles. The maximum atomic E-state index is 12.6. The average Bonchev–Trinajstić information content (AvgIpc) is 3.15. The second kappa shape index (κ2) is 8.85. The Hall–Kier alpha value is -3.23. The van der Waals surface area contributed by atoms with E-state index in [0.717, 1.165) is 16.3 Å². The van der Waals surface area contributed by atoms with Crippen molar-refractivity contribution >= 4 is 38.8 Å². The van der Waals surface area contributed by atoms with Crippen LogP contribution in [0.1, 0.15) is 22.8 Å². The number of ketones is 1. The number of ether oxygens (including phenoxy) is 1. The van der Waals surface area contributed by atoms with Crippen molar-refractivity contribution in [3.05, 3.63) is 77.3 Å². The predicted molar refractivity (Wildman–Crippen MR) is 111 cm³/mol. The Balaban J connectivity index is 1.56. The average molecular weight is 412 g/mol. The smallest absolute Gasteiger partial charge is 0.321 e. The molecule has 7 nitrogen and oxygen atoms in total. The van der Waals surface area contributed by atoms with Gasteiger partial charge in [0, 0.05) is 28.1 Å². The number of rotatable bonds is 8. The van der Waals surface area contributed by atoms with Gasteiger partial charge in [-0.15, -0.1) is 0 Å². The second-order valence-corrected chi connectivity index (χ2v) is 7.97. The standard InChI is InChI=1S/C21H20N2O5S/c1-15(21(25)18-13-22-19-10-6-5-9-17(18)19)28-20(24)14-23-29(26,27)12-11-16-7-3-2-4-8-16/h2-13,15,22-23H,14H2,1H3/b12-11+/t15-/m1/s1. The lowest BCUT2D eigenvalue weighted by molar-refractivity contribution is -0.144. The molecule has 0 bridgehead atoms. The number of hydrogen-bond donors (Lipinski definition) is 2. The van der Waals surface area contributed by atoms with E-state index in [9.17, 15) is 18.0 Å². The predicted octanol–water partition coefficient (Wildman–Crippen LogP) is 2.87. The fourth-order valence-electron chi connectivity index (χ4n) is 2.73. The molecule has 0 radical (unpaired) electrons. The molecule has 2 N–H and O–H groups in total. The number of Topliss-reactive ketones (excluding diaryl/α,β-unsaturated/α-hetero) is 1. The van der Waals surface area contributed by atoms with E-state index < -0.39 is 28.6 Å². The molecule has 150 valence electrons. The monoisotopic (exact) mass is 412 g/mol. The molecule has 0 saturated heterocycles. The van der Waals surface area contributed by atoms with Crippen molar-refractivity contribution in [2.75, 3.05) is 6.54 Å². The van der Waals surface area contributed by atoms with Gasteiger partial charge in [0.15, 0.2) is 6.10 Å². The van der Waals surface area contributed by atoms with Crippen LogP contribution >= 0.6 is 0 Å². The van der Waals surface area contributed by atoms with Crippen LogP contribution in [0.5, 0.6) is 0 Å². The summed E-state index contributed by atoms with van der Waals surface area (Å²) in [6.07, 6.45) is 1.93. The quantitative estimate of drug-likeness (QED) is 0.437. The van der Waals surface area contributed by atoms with Crippen molar-refractivity contribution in [1.82, 2.24) is 9.71 Å². The molecule has 0 aliphatic rings. The lowest BCUT2D eigenvalue weighted by Gasteiger charge is -2.12. The van der Waals surface area contributed by atoms with E-state index in [1.165, 1.54) is 13.0 Å². The van der Waals surface area contributed by atoms with E-state index in [1.807, 2.05) is 18.2 Å². The number of aromatic nitrogens is 1. The molecule has 29 heavy (non-hydrogen) atoms. The lowest BCUT2D eigenvalue weighted by atomic mass is 10.1. The highest BCUT2D eigenvalue weighted by molar-refractivity contribution is 7.92. The van der Waals surface area contributed by atoms with Gasteiger partial charge in [-0.3, -0.25) is 9.59 Å². The van der Waals surface area contributed by atoms with Crippen molar-refractivity contribution in [3.8, 4) is 0 Å². The Labute approximate surface area is 168 Å². The first-order valence-electron chi connectivity index (χ1n) is 8.88. The summed E-state index contributed by atoms with van der Waals surface area (Å²) in [5.41, 5.74) is 1.91. The molecule has 1 aromatic heterocycles. The highest BCUT2D eigenvalue weighted by Gasteiger charge is 2.22. The minimum absolute atomic E-state index is 0.373. The normalized spacial score (nSPS) is 12.9. The summed E-state index contributed by atoms with van der Waals surface area (Å²) < 4.78 is 31.2. The van der Waals surface area contributed by atoms with E-state index >= 15 is 0 Å². The molecule has 8 heteroatoms. The number of fused-ring (bicyclic) bond motifs is 1. The van der Waals surface area contributed by atoms with Crippen LogP contribution in [0, 0.1) is 0 Å². The van der Waals surface area contributed by atoms with Gasteiger partial charge >= 0.3 is 5.97 Å². The number of esters is 1. The summed E-state index contributed by atoms with van der Waals surface area (Å²) in [4.78, 5) is 27.5. The van der Waals surface area contributed by atoms with Crippen LogP contribution in [0.3, 0.4) is 0 Å². The molecule has 0 fully saturated rings. The number of H-pyrrole nitrogens is 1. The van der Waals surface area contributed by atoms with Crippen LogP contribution in [0.4, 0.5) is 0 Å². The van der Waals surface area contributed by atoms with Crippen LogP contribution in [-0.4, -0.2) is 37.8 Å². The van der Waals surface area contributed by atoms with Gasteiger partial charge in [0.05, 0.1) is 0 Å². The van der Waals surface area contributed by atoms with Crippen LogP contribution < -0.4 is 4.72 Å². The Morgan fingerprint density at radius 1 is 1.10 bits per heavy atom. The molecule has 3 aromatic rings. The van der Waals surface area contributed by atoms with E-state index in [-0.39, 0.29) is 5.78 Å². The summed E-state index contributed by atoms with van der Waals surface area (Å²) in [5.74, 6) is -1.22. The zero-order valence-electron chi connectivity index (χ0n) is 15.7. The van der Waals surface area contributed by atoms with Gasteiger partial charge in [-0.05, 0) is 24.6 Å². The van der Waals surface area contributed by atoms with E-state index in [4.69, 9.17) is 4.74 Å². The van der Waals surface area contributed by atoms with Gasteiger partial charge in [0.25, 0.3) is 0 Å². The fraction of sp³-hybridized carbons (Fsp3) is 0.143. The second-order valence-electron chi connectivity index (χ2n) is 6.32. The van der Waals surface area contributed by atoms with Gasteiger partial charge in [-0.2, -0.15) is 0 Å². The van der Waals surface area contributed by atoms with Crippen molar-refractivity contribution < 1.29 is 22.7 Å². The molecule has 2 aromatic carbocycles. The van der Waals surface area contributed by atoms with Crippen molar-refractivity contribution in [2.24, 2.45) is 0 Å². The minimum atomic E-state index is -3.82. The highest BCUT2D eigenvalue weighted by atomic mass is 32.2. The van der Waals surface area contributed by atoms with Crippen LogP contribution in [-0.2, 0) is 19.6 Å². The molecule has 3 rings (SSSR count). The number of aromatic amines is 1.